The number of anilines is 1. The van der Waals surface area contributed by atoms with Gasteiger partial charge in [0.05, 0.1) is 32.5 Å². The zero-order valence-electron chi connectivity index (χ0n) is 16.9. The van der Waals surface area contributed by atoms with Crippen LogP contribution in [0.25, 0.3) is 0 Å². The summed E-state index contributed by atoms with van der Waals surface area (Å²) in [5.74, 6) is 1.07. The van der Waals surface area contributed by atoms with E-state index in [-0.39, 0.29) is 18.5 Å². The van der Waals surface area contributed by atoms with Crippen LogP contribution >= 0.6 is 0 Å². The molecule has 5 heteroatoms. The van der Waals surface area contributed by atoms with Crippen molar-refractivity contribution in [3.8, 4) is 11.5 Å². The summed E-state index contributed by atoms with van der Waals surface area (Å²) in [6, 6.07) is 23.6. The SMILES string of the molecule is COc1ccc(NC(=O)CNC(c2ccccc2)c2ccc(C)cc2)c(OC)c1. The molecule has 3 aromatic carbocycles. The fourth-order valence-corrected chi connectivity index (χ4v) is 3.12. The molecule has 1 atom stereocenters. The summed E-state index contributed by atoms with van der Waals surface area (Å²) in [5, 5.41) is 6.27. The van der Waals surface area contributed by atoms with Crippen molar-refractivity contribution in [2.24, 2.45) is 0 Å². The Kier molecular flexibility index (Phi) is 6.87. The second-order valence-electron chi connectivity index (χ2n) is 6.75. The maximum absolute atomic E-state index is 12.6. The summed E-state index contributed by atoms with van der Waals surface area (Å²) >= 11 is 0. The van der Waals surface area contributed by atoms with E-state index in [0.717, 1.165) is 11.1 Å². The van der Waals surface area contributed by atoms with Crippen LogP contribution in [-0.2, 0) is 4.79 Å². The van der Waals surface area contributed by atoms with Crippen molar-refractivity contribution in [1.82, 2.24) is 5.32 Å². The molecule has 1 amide bonds. The van der Waals surface area contributed by atoms with Crippen molar-refractivity contribution in [2.45, 2.75) is 13.0 Å². The fourth-order valence-electron chi connectivity index (χ4n) is 3.12. The minimum atomic E-state index is -0.151. The van der Waals surface area contributed by atoms with Gasteiger partial charge in [0.1, 0.15) is 11.5 Å². The van der Waals surface area contributed by atoms with Crippen molar-refractivity contribution in [1.29, 1.82) is 0 Å². The molecule has 29 heavy (non-hydrogen) atoms. The maximum Gasteiger partial charge on any atom is 0.238 e. The Morgan fingerprint density at radius 2 is 1.59 bits per heavy atom. The van der Waals surface area contributed by atoms with Crippen LogP contribution in [0.2, 0.25) is 0 Å². The highest BCUT2D eigenvalue weighted by Gasteiger charge is 2.16. The fraction of sp³-hybridized carbons (Fsp3) is 0.208. The summed E-state index contributed by atoms with van der Waals surface area (Å²) < 4.78 is 10.5. The summed E-state index contributed by atoms with van der Waals surface area (Å²) in [4.78, 5) is 12.6. The lowest BCUT2D eigenvalue weighted by atomic mass is 9.98. The molecule has 150 valence electrons. The number of benzene rings is 3. The Morgan fingerprint density at radius 3 is 2.24 bits per heavy atom. The van der Waals surface area contributed by atoms with Gasteiger partial charge >= 0.3 is 0 Å². The third-order valence-electron chi connectivity index (χ3n) is 4.69. The number of ether oxygens (including phenoxy) is 2. The second kappa shape index (κ2) is 9.75. The number of hydrogen-bond donors (Lipinski definition) is 2. The number of carbonyl (C=O) groups excluding carboxylic acids is 1. The van der Waals surface area contributed by atoms with E-state index in [9.17, 15) is 4.79 Å². The van der Waals surface area contributed by atoms with Gasteiger partial charge in [-0.05, 0) is 30.2 Å². The smallest absolute Gasteiger partial charge is 0.238 e. The topological polar surface area (TPSA) is 59.6 Å². The van der Waals surface area contributed by atoms with E-state index in [1.54, 1.807) is 32.4 Å². The lowest BCUT2D eigenvalue weighted by Crippen LogP contribution is -2.32. The number of hydrogen-bond acceptors (Lipinski definition) is 4. The molecule has 0 saturated heterocycles. The Balaban J connectivity index is 1.72. The van der Waals surface area contributed by atoms with Crippen molar-refractivity contribution in [3.05, 3.63) is 89.5 Å². The summed E-state index contributed by atoms with van der Waals surface area (Å²) in [6.45, 7) is 2.22. The van der Waals surface area contributed by atoms with E-state index >= 15 is 0 Å². The molecular formula is C24H26N2O3. The molecule has 0 aliphatic carbocycles. The van der Waals surface area contributed by atoms with Crippen LogP contribution in [0.5, 0.6) is 11.5 Å². The third-order valence-corrected chi connectivity index (χ3v) is 4.69. The first kappa shape index (κ1) is 20.4. The number of amides is 1. The number of carbonyl (C=O) groups is 1. The Bertz CT molecular complexity index is 940. The van der Waals surface area contributed by atoms with Gasteiger partial charge in [0.2, 0.25) is 5.91 Å². The average Bonchev–Trinajstić information content (AvgIpc) is 2.76. The predicted octanol–water partition coefficient (Wildman–Crippen LogP) is 4.33. The van der Waals surface area contributed by atoms with E-state index in [0.29, 0.717) is 17.2 Å². The van der Waals surface area contributed by atoms with Gasteiger partial charge in [0.25, 0.3) is 0 Å². The molecule has 0 radical (unpaired) electrons. The highest BCUT2D eigenvalue weighted by molar-refractivity contribution is 5.93. The Labute approximate surface area is 171 Å². The van der Waals surface area contributed by atoms with Gasteiger partial charge in [-0.2, -0.15) is 0 Å². The zero-order valence-corrected chi connectivity index (χ0v) is 16.9. The third kappa shape index (κ3) is 5.36. The number of aryl methyl sites for hydroxylation is 1. The minimum Gasteiger partial charge on any atom is -0.497 e. The predicted molar refractivity (Wildman–Crippen MR) is 116 cm³/mol. The van der Waals surface area contributed by atoms with Crippen molar-refractivity contribution in [2.75, 3.05) is 26.1 Å². The first-order chi connectivity index (χ1) is 14.1. The molecule has 0 aromatic heterocycles. The summed E-state index contributed by atoms with van der Waals surface area (Å²) in [7, 11) is 3.15. The van der Waals surface area contributed by atoms with Gasteiger partial charge in [-0.15, -0.1) is 0 Å². The molecule has 2 N–H and O–H groups in total. The quantitative estimate of drug-likeness (QED) is 0.601. The first-order valence-electron chi connectivity index (χ1n) is 9.47. The number of rotatable bonds is 8. The van der Waals surface area contributed by atoms with Gasteiger partial charge in [-0.1, -0.05) is 60.2 Å². The van der Waals surface area contributed by atoms with Gasteiger partial charge in [0, 0.05) is 6.07 Å². The van der Waals surface area contributed by atoms with E-state index in [1.165, 1.54) is 5.56 Å². The van der Waals surface area contributed by atoms with Crippen molar-refractivity contribution >= 4 is 11.6 Å². The van der Waals surface area contributed by atoms with Crippen LogP contribution in [0.1, 0.15) is 22.7 Å². The molecule has 1 unspecified atom stereocenters. The highest BCUT2D eigenvalue weighted by Crippen LogP contribution is 2.29. The van der Waals surface area contributed by atoms with Crippen LogP contribution in [-0.4, -0.2) is 26.7 Å². The van der Waals surface area contributed by atoms with E-state index in [2.05, 4.69) is 54.0 Å². The summed E-state index contributed by atoms with van der Waals surface area (Å²) in [5.41, 5.74) is 4.01. The summed E-state index contributed by atoms with van der Waals surface area (Å²) in [6.07, 6.45) is 0. The number of nitrogens with one attached hydrogen (secondary N) is 2. The zero-order chi connectivity index (χ0) is 20.6. The van der Waals surface area contributed by atoms with Gasteiger partial charge in [-0.25, -0.2) is 0 Å². The van der Waals surface area contributed by atoms with Crippen LogP contribution in [0.15, 0.2) is 72.8 Å². The Hall–Kier alpha value is -3.31. The van der Waals surface area contributed by atoms with E-state index in [4.69, 9.17) is 9.47 Å². The van der Waals surface area contributed by atoms with Crippen molar-refractivity contribution in [3.63, 3.8) is 0 Å². The molecule has 3 aromatic rings. The second-order valence-corrected chi connectivity index (χ2v) is 6.75. The monoisotopic (exact) mass is 390 g/mol. The average molecular weight is 390 g/mol. The molecule has 0 heterocycles. The molecule has 0 bridgehead atoms. The van der Waals surface area contributed by atoms with Crippen LogP contribution in [0.3, 0.4) is 0 Å². The molecule has 3 rings (SSSR count). The van der Waals surface area contributed by atoms with Crippen LogP contribution < -0.4 is 20.1 Å². The molecule has 0 spiro atoms. The molecule has 0 saturated carbocycles. The molecule has 5 nitrogen and oxygen atoms in total. The lowest BCUT2D eigenvalue weighted by molar-refractivity contribution is -0.115. The maximum atomic E-state index is 12.6. The van der Waals surface area contributed by atoms with Gasteiger partial charge in [-0.3, -0.25) is 10.1 Å². The lowest BCUT2D eigenvalue weighted by Gasteiger charge is -2.20. The van der Waals surface area contributed by atoms with Gasteiger partial charge in [0.15, 0.2) is 0 Å². The van der Waals surface area contributed by atoms with Crippen LogP contribution in [0.4, 0.5) is 5.69 Å². The largest absolute Gasteiger partial charge is 0.497 e. The normalized spacial score (nSPS) is 11.6. The number of methoxy groups -OCH3 is 2. The van der Waals surface area contributed by atoms with Gasteiger partial charge < -0.3 is 14.8 Å². The molecular weight excluding hydrogens is 364 g/mol. The van der Waals surface area contributed by atoms with Crippen molar-refractivity contribution < 1.29 is 14.3 Å². The molecule has 0 aliphatic heterocycles. The minimum absolute atomic E-state index is 0.0830. The first-order valence-corrected chi connectivity index (χ1v) is 9.47. The van der Waals surface area contributed by atoms with Crippen LogP contribution in [0, 0.1) is 6.92 Å². The highest BCUT2D eigenvalue weighted by atomic mass is 16.5. The Morgan fingerprint density at radius 1 is 0.897 bits per heavy atom. The standard InChI is InChI=1S/C24H26N2O3/c1-17-9-11-19(12-10-17)24(18-7-5-4-6-8-18)25-16-23(27)26-21-14-13-20(28-2)15-22(21)29-3/h4-15,24-25H,16H2,1-3H3,(H,26,27). The molecule has 0 fully saturated rings. The molecule has 0 aliphatic rings. The van der Waals surface area contributed by atoms with E-state index < -0.39 is 0 Å². The van der Waals surface area contributed by atoms with E-state index in [1.807, 2.05) is 18.2 Å².